The normalized spacial score (nSPS) is 11.5. The molecule has 0 saturated carbocycles. The number of halogens is 1. The summed E-state index contributed by atoms with van der Waals surface area (Å²) in [7, 11) is 1.62. The summed E-state index contributed by atoms with van der Waals surface area (Å²) < 4.78 is 6.09. The van der Waals surface area contributed by atoms with E-state index in [2.05, 4.69) is 31.9 Å². The summed E-state index contributed by atoms with van der Waals surface area (Å²) in [4.78, 5) is 23.3. The van der Waals surface area contributed by atoms with Gasteiger partial charge in [0.1, 0.15) is 5.75 Å². The van der Waals surface area contributed by atoms with E-state index < -0.39 is 0 Å². The van der Waals surface area contributed by atoms with E-state index in [1.807, 2.05) is 25.1 Å². The number of nitrogens with one attached hydrogen (secondary N) is 3. The zero-order valence-electron chi connectivity index (χ0n) is 14.9. The van der Waals surface area contributed by atoms with Gasteiger partial charge in [-0.15, -0.1) is 0 Å². The molecule has 2 aromatic rings. The molecule has 1 unspecified atom stereocenters. The third-order valence-electron chi connectivity index (χ3n) is 3.71. The Labute approximate surface area is 161 Å². The molecule has 0 saturated heterocycles. The molecule has 0 aliphatic rings. The molecule has 0 aliphatic heterocycles. The first kappa shape index (κ1) is 19.9. The van der Waals surface area contributed by atoms with E-state index >= 15 is 0 Å². The lowest BCUT2D eigenvalue weighted by Crippen LogP contribution is -2.30. The molecule has 7 heteroatoms. The Kier molecular flexibility index (Phi) is 7.17. The van der Waals surface area contributed by atoms with E-state index in [1.54, 1.807) is 31.4 Å². The van der Waals surface area contributed by atoms with Crippen molar-refractivity contribution in [2.45, 2.75) is 19.9 Å². The van der Waals surface area contributed by atoms with Gasteiger partial charge in [-0.2, -0.15) is 0 Å². The van der Waals surface area contributed by atoms with Crippen molar-refractivity contribution in [1.82, 2.24) is 5.32 Å². The van der Waals surface area contributed by atoms with Crippen molar-refractivity contribution >= 4 is 39.1 Å². The topological polar surface area (TPSA) is 79.5 Å². The van der Waals surface area contributed by atoms with Crippen molar-refractivity contribution < 1.29 is 14.3 Å². The van der Waals surface area contributed by atoms with Gasteiger partial charge < -0.3 is 20.7 Å². The van der Waals surface area contributed by atoms with Crippen LogP contribution in [0.25, 0.3) is 0 Å². The molecular weight excluding hydrogens is 398 g/mol. The Morgan fingerprint density at radius 2 is 1.81 bits per heavy atom. The van der Waals surface area contributed by atoms with Gasteiger partial charge in [-0.25, -0.2) is 0 Å². The number of carbonyl (C=O) groups is 2. The van der Waals surface area contributed by atoms with Crippen molar-refractivity contribution in [2.75, 3.05) is 24.3 Å². The van der Waals surface area contributed by atoms with Crippen LogP contribution >= 0.6 is 15.9 Å². The Hall–Kier alpha value is -2.38. The van der Waals surface area contributed by atoms with Crippen molar-refractivity contribution in [3.05, 3.63) is 52.5 Å². The smallest absolute Gasteiger partial charge is 0.238 e. The van der Waals surface area contributed by atoms with Crippen LogP contribution in [-0.2, 0) is 9.59 Å². The highest BCUT2D eigenvalue weighted by molar-refractivity contribution is 9.10. The highest BCUT2D eigenvalue weighted by atomic mass is 79.9. The second-order valence-electron chi connectivity index (χ2n) is 5.81. The Morgan fingerprint density at radius 1 is 1.12 bits per heavy atom. The summed E-state index contributed by atoms with van der Waals surface area (Å²) in [5.74, 6) is 0.441. The monoisotopic (exact) mass is 419 g/mol. The second kappa shape index (κ2) is 9.35. The lowest BCUT2D eigenvalue weighted by Gasteiger charge is -2.15. The Balaban J connectivity index is 1.90. The van der Waals surface area contributed by atoms with Crippen LogP contribution in [-0.4, -0.2) is 25.5 Å². The van der Waals surface area contributed by atoms with Gasteiger partial charge in [0.25, 0.3) is 0 Å². The average Bonchev–Trinajstić information content (AvgIpc) is 2.59. The molecule has 0 aliphatic carbocycles. The second-order valence-corrected chi connectivity index (χ2v) is 6.66. The maximum atomic E-state index is 12.2. The van der Waals surface area contributed by atoms with Gasteiger partial charge >= 0.3 is 0 Å². The van der Waals surface area contributed by atoms with Crippen molar-refractivity contribution in [3.63, 3.8) is 0 Å². The van der Waals surface area contributed by atoms with Crippen molar-refractivity contribution in [1.29, 1.82) is 0 Å². The third kappa shape index (κ3) is 5.86. The lowest BCUT2D eigenvalue weighted by atomic mass is 10.1. The molecule has 3 N–H and O–H groups in total. The zero-order chi connectivity index (χ0) is 19.1. The first-order valence-electron chi connectivity index (χ1n) is 8.13. The zero-order valence-corrected chi connectivity index (χ0v) is 16.5. The van der Waals surface area contributed by atoms with E-state index in [1.165, 1.54) is 6.92 Å². The van der Waals surface area contributed by atoms with Crippen LogP contribution in [0.2, 0.25) is 0 Å². The summed E-state index contributed by atoms with van der Waals surface area (Å²) in [5, 5.41) is 8.68. The molecule has 0 radical (unpaired) electrons. The summed E-state index contributed by atoms with van der Waals surface area (Å²) >= 11 is 3.46. The number of hydrogen-bond donors (Lipinski definition) is 3. The van der Waals surface area contributed by atoms with Gasteiger partial charge in [0.05, 0.1) is 18.1 Å². The van der Waals surface area contributed by atoms with Crippen LogP contribution in [0.1, 0.15) is 25.5 Å². The highest BCUT2D eigenvalue weighted by Gasteiger charge is 2.10. The highest BCUT2D eigenvalue weighted by Crippen LogP contribution is 2.27. The van der Waals surface area contributed by atoms with Crippen molar-refractivity contribution in [3.8, 4) is 5.75 Å². The lowest BCUT2D eigenvalue weighted by molar-refractivity contribution is -0.115. The number of carbonyl (C=O) groups excluding carboxylic acids is 2. The van der Waals surface area contributed by atoms with Crippen LogP contribution < -0.4 is 20.7 Å². The first-order valence-corrected chi connectivity index (χ1v) is 8.92. The van der Waals surface area contributed by atoms with Gasteiger partial charge in [0.15, 0.2) is 0 Å². The van der Waals surface area contributed by atoms with Crippen LogP contribution in [0, 0.1) is 0 Å². The molecule has 2 aromatic carbocycles. The third-order valence-corrected chi connectivity index (χ3v) is 4.33. The molecule has 0 heterocycles. The van der Waals surface area contributed by atoms with E-state index in [4.69, 9.17) is 4.74 Å². The van der Waals surface area contributed by atoms with E-state index in [9.17, 15) is 9.59 Å². The molecule has 1 atom stereocenters. The van der Waals surface area contributed by atoms with Gasteiger partial charge in [-0.05, 0) is 58.7 Å². The average molecular weight is 420 g/mol. The molecule has 6 nitrogen and oxygen atoms in total. The predicted molar refractivity (Wildman–Crippen MR) is 106 cm³/mol. The SMILES string of the molecule is COc1ccc(C(C)NCC(=O)Nc2cccc(NC(C)=O)c2)cc1Br. The van der Waals surface area contributed by atoms with Gasteiger partial charge in [0.2, 0.25) is 11.8 Å². The molecule has 2 amide bonds. The number of anilines is 2. The maximum absolute atomic E-state index is 12.2. The molecule has 26 heavy (non-hydrogen) atoms. The Morgan fingerprint density at radius 3 is 2.42 bits per heavy atom. The fraction of sp³-hybridized carbons (Fsp3) is 0.263. The van der Waals surface area contributed by atoms with Crippen LogP contribution in [0.4, 0.5) is 11.4 Å². The van der Waals surface area contributed by atoms with Gasteiger partial charge in [-0.3, -0.25) is 9.59 Å². The predicted octanol–water partition coefficient (Wildman–Crippen LogP) is 3.71. The minimum absolute atomic E-state index is 0.00586. The standard InChI is InChI=1S/C19H22BrN3O3/c1-12(14-7-8-18(26-3)17(20)9-14)21-11-19(25)23-16-6-4-5-15(10-16)22-13(2)24/h4-10,12,21H,11H2,1-3H3,(H,22,24)(H,23,25). The molecule has 2 rings (SSSR count). The fourth-order valence-electron chi connectivity index (χ4n) is 2.40. The molecule has 0 bridgehead atoms. The van der Waals surface area contributed by atoms with Crippen LogP contribution in [0.3, 0.4) is 0 Å². The number of amides is 2. The first-order chi connectivity index (χ1) is 12.4. The van der Waals surface area contributed by atoms with Crippen molar-refractivity contribution in [2.24, 2.45) is 0 Å². The minimum Gasteiger partial charge on any atom is -0.496 e. The maximum Gasteiger partial charge on any atom is 0.238 e. The van der Waals surface area contributed by atoms with E-state index in [0.29, 0.717) is 11.4 Å². The number of hydrogen-bond acceptors (Lipinski definition) is 4. The summed E-state index contributed by atoms with van der Waals surface area (Å²) in [6.07, 6.45) is 0. The summed E-state index contributed by atoms with van der Waals surface area (Å²) in [6, 6.07) is 12.8. The summed E-state index contributed by atoms with van der Waals surface area (Å²) in [5.41, 5.74) is 2.31. The molecule has 0 spiro atoms. The quantitative estimate of drug-likeness (QED) is 0.638. The molecular formula is C19H22BrN3O3. The minimum atomic E-state index is -0.163. The van der Waals surface area contributed by atoms with Crippen LogP contribution in [0.15, 0.2) is 46.9 Å². The number of benzene rings is 2. The fourth-order valence-corrected chi connectivity index (χ4v) is 2.96. The number of methoxy groups -OCH3 is 1. The molecule has 0 aromatic heterocycles. The molecule has 138 valence electrons. The van der Waals surface area contributed by atoms with E-state index in [0.717, 1.165) is 15.8 Å². The Bertz CT molecular complexity index is 795. The number of ether oxygens (including phenoxy) is 1. The van der Waals surface area contributed by atoms with Gasteiger partial charge in [0, 0.05) is 24.3 Å². The van der Waals surface area contributed by atoms with Crippen LogP contribution in [0.5, 0.6) is 5.75 Å². The molecule has 0 fully saturated rings. The largest absolute Gasteiger partial charge is 0.496 e. The summed E-state index contributed by atoms with van der Waals surface area (Å²) in [6.45, 7) is 3.59. The number of rotatable bonds is 7. The van der Waals surface area contributed by atoms with E-state index in [-0.39, 0.29) is 24.4 Å². The van der Waals surface area contributed by atoms with Gasteiger partial charge in [-0.1, -0.05) is 12.1 Å².